The monoisotopic (exact) mass is 468 g/mol. The summed E-state index contributed by atoms with van der Waals surface area (Å²) in [5, 5.41) is 3.27. The van der Waals surface area contributed by atoms with Crippen LogP contribution in [0.4, 0.5) is 10.1 Å². The van der Waals surface area contributed by atoms with Crippen LogP contribution in [0, 0.1) is 5.82 Å². The van der Waals surface area contributed by atoms with Gasteiger partial charge in [-0.1, -0.05) is 48.2 Å². The molecule has 1 aliphatic rings. The molecule has 8 nitrogen and oxygen atoms in total. The van der Waals surface area contributed by atoms with Gasteiger partial charge in [0, 0.05) is 37.4 Å². The topological polar surface area (TPSA) is 96.5 Å². The standard InChI is InChI=1S/C23H25FN6O2S/c24-18-7-4-8-19(13-18)26-21(31)15-28-9-11-29(12-10-28)22(32)16-33-23-27-20(14-30(23)25)17-5-2-1-3-6-17/h1-8,13-14H,9-12,15-16,25H2,(H,26,31). The number of hydrogen-bond donors (Lipinski definition) is 2. The first-order chi connectivity index (χ1) is 16.0. The van der Waals surface area contributed by atoms with Crippen molar-refractivity contribution in [1.29, 1.82) is 0 Å². The van der Waals surface area contributed by atoms with Gasteiger partial charge in [-0.05, 0) is 18.2 Å². The summed E-state index contributed by atoms with van der Waals surface area (Å²) in [5.41, 5.74) is 2.16. The molecule has 1 aliphatic heterocycles. The van der Waals surface area contributed by atoms with Crippen LogP contribution >= 0.6 is 11.8 Å². The number of anilines is 1. The number of halogens is 1. The van der Waals surface area contributed by atoms with Crippen molar-refractivity contribution in [2.75, 3.05) is 49.6 Å². The Bertz CT molecular complexity index is 1120. The minimum Gasteiger partial charge on any atom is -0.339 e. The number of nitrogens with two attached hydrogens (primary N) is 1. The molecule has 0 bridgehead atoms. The van der Waals surface area contributed by atoms with Crippen molar-refractivity contribution in [3.63, 3.8) is 0 Å². The molecule has 2 amide bonds. The van der Waals surface area contributed by atoms with Crippen molar-refractivity contribution < 1.29 is 14.0 Å². The van der Waals surface area contributed by atoms with E-state index < -0.39 is 5.82 Å². The van der Waals surface area contributed by atoms with Gasteiger partial charge in [-0.25, -0.2) is 14.1 Å². The summed E-state index contributed by atoms with van der Waals surface area (Å²) in [6, 6.07) is 15.5. The van der Waals surface area contributed by atoms with Crippen molar-refractivity contribution in [3.05, 3.63) is 66.6 Å². The molecule has 172 valence electrons. The van der Waals surface area contributed by atoms with E-state index in [4.69, 9.17) is 5.84 Å². The minimum atomic E-state index is -0.397. The first kappa shape index (κ1) is 22.8. The van der Waals surface area contributed by atoms with Crippen molar-refractivity contribution >= 4 is 29.3 Å². The summed E-state index contributed by atoms with van der Waals surface area (Å²) >= 11 is 1.31. The zero-order chi connectivity index (χ0) is 23.2. The molecule has 1 aromatic heterocycles. The largest absolute Gasteiger partial charge is 0.339 e. The molecular formula is C23H25FN6O2S. The highest BCUT2D eigenvalue weighted by atomic mass is 32.2. The molecule has 10 heteroatoms. The number of nitrogen functional groups attached to an aromatic ring is 1. The van der Waals surface area contributed by atoms with Gasteiger partial charge >= 0.3 is 0 Å². The minimum absolute atomic E-state index is 0.00752. The molecular weight excluding hydrogens is 443 g/mol. The second-order valence-electron chi connectivity index (χ2n) is 7.69. The zero-order valence-electron chi connectivity index (χ0n) is 18.0. The van der Waals surface area contributed by atoms with Crippen LogP contribution in [0.5, 0.6) is 0 Å². The molecule has 33 heavy (non-hydrogen) atoms. The number of piperazine rings is 1. The Morgan fingerprint density at radius 2 is 1.82 bits per heavy atom. The Labute approximate surface area is 195 Å². The molecule has 3 aromatic rings. The molecule has 1 fully saturated rings. The number of benzene rings is 2. The molecule has 3 N–H and O–H groups in total. The van der Waals surface area contributed by atoms with E-state index in [9.17, 15) is 14.0 Å². The zero-order valence-corrected chi connectivity index (χ0v) is 18.8. The summed E-state index contributed by atoms with van der Waals surface area (Å²) in [6.45, 7) is 2.46. The summed E-state index contributed by atoms with van der Waals surface area (Å²) in [5.74, 6) is 5.66. The number of carbonyl (C=O) groups excluding carboxylic acids is 2. The third kappa shape index (κ3) is 6.11. The first-order valence-electron chi connectivity index (χ1n) is 10.6. The quantitative estimate of drug-likeness (QED) is 0.408. The lowest BCUT2D eigenvalue weighted by atomic mass is 10.2. The number of aromatic nitrogens is 2. The van der Waals surface area contributed by atoms with E-state index in [1.54, 1.807) is 23.2 Å². The highest BCUT2D eigenvalue weighted by Gasteiger charge is 2.23. The van der Waals surface area contributed by atoms with Crippen LogP contribution in [0.15, 0.2) is 66.0 Å². The molecule has 0 spiro atoms. The number of rotatable bonds is 7. The van der Waals surface area contributed by atoms with E-state index in [1.807, 2.05) is 35.2 Å². The Morgan fingerprint density at radius 1 is 1.06 bits per heavy atom. The van der Waals surface area contributed by atoms with Crippen LogP contribution in [0.25, 0.3) is 11.3 Å². The highest BCUT2D eigenvalue weighted by molar-refractivity contribution is 7.99. The molecule has 1 saturated heterocycles. The van der Waals surface area contributed by atoms with E-state index in [-0.39, 0.29) is 24.1 Å². The highest BCUT2D eigenvalue weighted by Crippen LogP contribution is 2.23. The third-order valence-corrected chi connectivity index (χ3v) is 6.24. The molecule has 2 heterocycles. The van der Waals surface area contributed by atoms with Gasteiger partial charge in [0.15, 0.2) is 5.16 Å². The predicted octanol–water partition coefficient (Wildman–Crippen LogP) is 2.28. The molecule has 0 unspecified atom stereocenters. The molecule has 0 atom stereocenters. The summed E-state index contributed by atoms with van der Waals surface area (Å²) < 4.78 is 14.7. The van der Waals surface area contributed by atoms with Gasteiger partial charge in [0.25, 0.3) is 0 Å². The second-order valence-corrected chi connectivity index (χ2v) is 8.63. The van der Waals surface area contributed by atoms with Crippen molar-refractivity contribution in [3.8, 4) is 11.3 Å². The van der Waals surface area contributed by atoms with Crippen LogP contribution < -0.4 is 11.2 Å². The second kappa shape index (κ2) is 10.5. The predicted molar refractivity (Wildman–Crippen MR) is 127 cm³/mol. The normalized spacial score (nSPS) is 14.3. The van der Waals surface area contributed by atoms with Gasteiger partial charge < -0.3 is 16.1 Å². The average molecular weight is 469 g/mol. The molecule has 0 aliphatic carbocycles. The van der Waals surface area contributed by atoms with Crippen molar-refractivity contribution in [2.24, 2.45) is 0 Å². The number of nitrogens with zero attached hydrogens (tertiary/aromatic N) is 4. The number of hydrogen-bond acceptors (Lipinski definition) is 6. The molecule has 0 saturated carbocycles. The van der Waals surface area contributed by atoms with Crippen molar-refractivity contribution in [1.82, 2.24) is 19.5 Å². The van der Waals surface area contributed by atoms with Gasteiger partial charge in [-0.15, -0.1) is 0 Å². The van der Waals surface area contributed by atoms with E-state index in [1.165, 1.54) is 28.6 Å². The first-order valence-corrected chi connectivity index (χ1v) is 11.5. The van der Waals surface area contributed by atoms with Crippen LogP contribution in [0.3, 0.4) is 0 Å². The lowest BCUT2D eigenvalue weighted by Crippen LogP contribution is -2.50. The van der Waals surface area contributed by atoms with Gasteiger partial charge in [-0.2, -0.15) is 0 Å². The number of carbonyl (C=O) groups is 2. The van der Waals surface area contributed by atoms with Gasteiger partial charge in [0.05, 0.1) is 24.2 Å². The fourth-order valence-electron chi connectivity index (χ4n) is 3.57. The maximum Gasteiger partial charge on any atom is 0.238 e. The number of nitrogens with one attached hydrogen (secondary N) is 1. The average Bonchev–Trinajstić information content (AvgIpc) is 3.19. The van der Waals surface area contributed by atoms with Crippen LogP contribution in [-0.2, 0) is 9.59 Å². The Morgan fingerprint density at radius 3 is 2.55 bits per heavy atom. The van der Waals surface area contributed by atoms with Gasteiger partial charge in [-0.3, -0.25) is 14.5 Å². The Hall–Kier alpha value is -3.37. The Kier molecular flexibility index (Phi) is 7.26. The van der Waals surface area contributed by atoms with E-state index >= 15 is 0 Å². The van der Waals surface area contributed by atoms with Crippen LogP contribution in [0.2, 0.25) is 0 Å². The van der Waals surface area contributed by atoms with Crippen molar-refractivity contribution in [2.45, 2.75) is 5.16 Å². The van der Waals surface area contributed by atoms with Crippen LogP contribution in [-0.4, -0.2) is 69.8 Å². The number of imidazole rings is 1. The van der Waals surface area contributed by atoms with Gasteiger partial charge in [0.2, 0.25) is 11.8 Å². The van der Waals surface area contributed by atoms with E-state index in [0.717, 1.165) is 11.3 Å². The Balaban J connectivity index is 1.22. The fourth-order valence-corrected chi connectivity index (χ4v) is 4.37. The summed E-state index contributed by atoms with van der Waals surface area (Å²) in [7, 11) is 0. The summed E-state index contributed by atoms with van der Waals surface area (Å²) in [6.07, 6.45) is 1.75. The lowest BCUT2D eigenvalue weighted by Gasteiger charge is -2.34. The third-order valence-electron chi connectivity index (χ3n) is 5.29. The maximum absolute atomic E-state index is 13.3. The maximum atomic E-state index is 13.3. The molecule has 2 aromatic carbocycles. The molecule has 0 radical (unpaired) electrons. The smallest absolute Gasteiger partial charge is 0.238 e. The number of thioether (sulfide) groups is 1. The molecule has 4 rings (SSSR count). The lowest BCUT2D eigenvalue weighted by molar-refractivity contribution is -0.130. The fraction of sp³-hybridized carbons (Fsp3) is 0.261. The van der Waals surface area contributed by atoms with E-state index in [2.05, 4.69) is 10.3 Å². The summed E-state index contributed by atoms with van der Waals surface area (Å²) in [4.78, 5) is 33.2. The van der Waals surface area contributed by atoms with E-state index in [0.29, 0.717) is 37.0 Å². The SMILES string of the molecule is Nn1cc(-c2ccccc2)nc1SCC(=O)N1CCN(CC(=O)Nc2cccc(F)c2)CC1. The van der Waals surface area contributed by atoms with Crippen LogP contribution in [0.1, 0.15) is 0 Å². The van der Waals surface area contributed by atoms with Gasteiger partial charge in [0.1, 0.15) is 5.82 Å². The number of amides is 2.